The van der Waals surface area contributed by atoms with E-state index < -0.39 is 0 Å². The predicted molar refractivity (Wildman–Crippen MR) is 80.3 cm³/mol. The van der Waals surface area contributed by atoms with Crippen molar-refractivity contribution in [1.82, 2.24) is 15.5 Å². The molecule has 0 saturated carbocycles. The molecule has 1 heterocycles. The van der Waals surface area contributed by atoms with Gasteiger partial charge in [-0.05, 0) is 46.2 Å². The first-order valence-electron chi connectivity index (χ1n) is 7.87. The highest BCUT2D eigenvalue weighted by Crippen LogP contribution is 2.16. The van der Waals surface area contributed by atoms with E-state index in [0.29, 0.717) is 12.5 Å². The zero-order chi connectivity index (χ0) is 14.1. The Morgan fingerprint density at radius 3 is 2.84 bits per heavy atom. The highest BCUT2D eigenvalue weighted by Gasteiger charge is 2.22. The van der Waals surface area contributed by atoms with Gasteiger partial charge < -0.3 is 10.6 Å². The van der Waals surface area contributed by atoms with Crippen LogP contribution in [0.1, 0.15) is 52.9 Å². The molecule has 0 aromatic heterocycles. The Morgan fingerprint density at radius 1 is 1.37 bits per heavy atom. The van der Waals surface area contributed by atoms with Gasteiger partial charge in [0.2, 0.25) is 5.91 Å². The number of hydrogen-bond donors (Lipinski definition) is 2. The highest BCUT2D eigenvalue weighted by atomic mass is 16.1. The number of rotatable bonds is 8. The van der Waals surface area contributed by atoms with E-state index >= 15 is 0 Å². The van der Waals surface area contributed by atoms with Crippen molar-refractivity contribution < 1.29 is 4.79 Å². The van der Waals surface area contributed by atoms with Gasteiger partial charge >= 0.3 is 0 Å². The molecule has 0 aromatic carbocycles. The molecule has 0 aromatic rings. The number of hydrogen-bond acceptors (Lipinski definition) is 3. The van der Waals surface area contributed by atoms with Crippen LogP contribution in [0.4, 0.5) is 0 Å². The van der Waals surface area contributed by atoms with Gasteiger partial charge in [-0.1, -0.05) is 13.3 Å². The van der Waals surface area contributed by atoms with Crippen LogP contribution in [0.3, 0.4) is 0 Å². The summed E-state index contributed by atoms with van der Waals surface area (Å²) < 4.78 is 0. The minimum atomic E-state index is 0.181. The zero-order valence-corrected chi connectivity index (χ0v) is 12.9. The van der Waals surface area contributed by atoms with Gasteiger partial charge in [0, 0.05) is 31.6 Å². The van der Waals surface area contributed by atoms with Crippen LogP contribution in [0.5, 0.6) is 0 Å². The molecule has 4 nitrogen and oxygen atoms in total. The minimum absolute atomic E-state index is 0.181. The number of nitrogens with zero attached hydrogens (tertiary/aromatic N) is 1. The third-order valence-electron chi connectivity index (χ3n) is 3.63. The summed E-state index contributed by atoms with van der Waals surface area (Å²) >= 11 is 0. The van der Waals surface area contributed by atoms with Gasteiger partial charge in [-0.25, -0.2) is 0 Å². The quantitative estimate of drug-likeness (QED) is 0.660. The fourth-order valence-corrected chi connectivity index (χ4v) is 2.67. The van der Waals surface area contributed by atoms with Gasteiger partial charge in [-0.15, -0.1) is 0 Å². The summed E-state index contributed by atoms with van der Waals surface area (Å²) in [5, 5.41) is 6.48. The predicted octanol–water partition coefficient (Wildman–Crippen LogP) is 1.76. The smallest absolute Gasteiger partial charge is 0.221 e. The van der Waals surface area contributed by atoms with E-state index in [1.807, 2.05) is 13.8 Å². The summed E-state index contributed by atoms with van der Waals surface area (Å²) in [4.78, 5) is 14.2. The Hall–Kier alpha value is -0.610. The average Bonchev–Trinajstić information content (AvgIpc) is 2.37. The Balaban J connectivity index is 2.29. The molecule has 1 atom stereocenters. The fourth-order valence-electron chi connectivity index (χ4n) is 2.67. The Labute approximate surface area is 118 Å². The maximum atomic E-state index is 11.7. The van der Waals surface area contributed by atoms with Crippen molar-refractivity contribution in [3.05, 3.63) is 0 Å². The normalized spacial score (nSPS) is 20.7. The standard InChI is InChI=1S/C15H31N3O/c1-4-9-16-12-14-7-5-6-10-18(14)11-8-15(19)17-13(2)3/h13-14,16H,4-12H2,1-3H3,(H,17,19). The maximum Gasteiger partial charge on any atom is 0.221 e. The SMILES string of the molecule is CCCNCC1CCCCN1CCC(=O)NC(C)C. The van der Waals surface area contributed by atoms with Crippen molar-refractivity contribution in [2.75, 3.05) is 26.2 Å². The second kappa shape index (κ2) is 9.32. The molecule has 1 unspecified atom stereocenters. The van der Waals surface area contributed by atoms with Crippen molar-refractivity contribution in [1.29, 1.82) is 0 Å². The van der Waals surface area contributed by atoms with Crippen LogP contribution in [-0.2, 0) is 4.79 Å². The monoisotopic (exact) mass is 269 g/mol. The summed E-state index contributed by atoms with van der Waals surface area (Å²) in [6.45, 7) is 10.4. The van der Waals surface area contributed by atoms with E-state index in [1.54, 1.807) is 0 Å². The summed E-state index contributed by atoms with van der Waals surface area (Å²) in [6, 6.07) is 0.864. The molecule has 4 heteroatoms. The van der Waals surface area contributed by atoms with Crippen LogP contribution in [0.2, 0.25) is 0 Å². The second-order valence-corrected chi connectivity index (χ2v) is 5.86. The van der Waals surface area contributed by atoms with Gasteiger partial charge in [0.15, 0.2) is 0 Å². The molecule has 1 rings (SSSR count). The van der Waals surface area contributed by atoms with Crippen molar-refractivity contribution in [2.24, 2.45) is 0 Å². The van der Waals surface area contributed by atoms with Crippen molar-refractivity contribution >= 4 is 5.91 Å². The Bertz CT molecular complexity index is 256. The molecule has 1 aliphatic rings. The lowest BCUT2D eigenvalue weighted by Crippen LogP contribution is -2.47. The van der Waals surface area contributed by atoms with Gasteiger partial charge in [0.1, 0.15) is 0 Å². The molecule has 0 bridgehead atoms. The molecule has 1 fully saturated rings. The van der Waals surface area contributed by atoms with Crippen LogP contribution in [0.25, 0.3) is 0 Å². The van der Waals surface area contributed by atoms with E-state index in [1.165, 1.54) is 25.7 Å². The molecule has 1 aliphatic heterocycles. The number of carbonyl (C=O) groups excluding carboxylic acids is 1. The molecule has 1 saturated heterocycles. The maximum absolute atomic E-state index is 11.7. The largest absolute Gasteiger partial charge is 0.354 e. The van der Waals surface area contributed by atoms with Gasteiger partial charge in [0.05, 0.1) is 0 Å². The van der Waals surface area contributed by atoms with Crippen molar-refractivity contribution in [3.8, 4) is 0 Å². The zero-order valence-electron chi connectivity index (χ0n) is 12.9. The lowest BCUT2D eigenvalue weighted by Gasteiger charge is -2.35. The summed E-state index contributed by atoms with van der Waals surface area (Å²) in [5.41, 5.74) is 0. The van der Waals surface area contributed by atoms with Gasteiger partial charge in [-0.2, -0.15) is 0 Å². The summed E-state index contributed by atoms with van der Waals surface area (Å²) in [6.07, 6.45) is 5.68. The van der Waals surface area contributed by atoms with E-state index in [-0.39, 0.29) is 11.9 Å². The lowest BCUT2D eigenvalue weighted by atomic mass is 10.0. The second-order valence-electron chi connectivity index (χ2n) is 5.86. The fraction of sp³-hybridized carbons (Fsp3) is 0.933. The first-order valence-corrected chi connectivity index (χ1v) is 7.87. The molecular weight excluding hydrogens is 238 g/mol. The van der Waals surface area contributed by atoms with E-state index in [0.717, 1.165) is 26.2 Å². The molecule has 0 aliphatic carbocycles. The highest BCUT2D eigenvalue weighted by molar-refractivity contribution is 5.76. The first-order chi connectivity index (χ1) is 9.13. The Morgan fingerprint density at radius 2 is 2.16 bits per heavy atom. The number of carbonyl (C=O) groups is 1. The number of piperidine rings is 1. The molecule has 112 valence electrons. The molecule has 0 radical (unpaired) electrons. The molecule has 0 spiro atoms. The summed E-state index contributed by atoms with van der Waals surface area (Å²) in [7, 11) is 0. The summed E-state index contributed by atoms with van der Waals surface area (Å²) in [5.74, 6) is 0.181. The van der Waals surface area contributed by atoms with Crippen LogP contribution in [0, 0.1) is 0 Å². The van der Waals surface area contributed by atoms with Crippen LogP contribution in [0.15, 0.2) is 0 Å². The minimum Gasteiger partial charge on any atom is -0.354 e. The van der Waals surface area contributed by atoms with Crippen LogP contribution < -0.4 is 10.6 Å². The molecular formula is C15H31N3O. The van der Waals surface area contributed by atoms with Crippen LogP contribution in [-0.4, -0.2) is 49.1 Å². The molecule has 1 amide bonds. The lowest BCUT2D eigenvalue weighted by molar-refractivity contribution is -0.122. The third-order valence-corrected chi connectivity index (χ3v) is 3.63. The van der Waals surface area contributed by atoms with E-state index in [9.17, 15) is 4.79 Å². The average molecular weight is 269 g/mol. The van der Waals surface area contributed by atoms with Crippen LogP contribution >= 0.6 is 0 Å². The molecule has 19 heavy (non-hydrogen) atoms. The third kappa shape index (κ3) is 6.92. The number of amides is 1. The van der Waals surface area contributed by atoms with Crippen molar-refractivity contribution in [3.63, 3.8) is 0 Å². The van der Waals surface area contributed by atoms with Gasteiger partial charge in [0.25, 0.3) is 0 Å². The van der Waals surface area contributed by atoms with Crippen molar-refractivity contribution in [2.45, 2.75) is 65.0 Å². The van der Waals surface area contributed by atoms with E-state index in [4.69, 9.17) is 0 Å². The molecule has 2 N–H and O–H groups in total. The Kier molecular flexibility index (Phi) is 8.07. The number of likely N-dealkylation sites (tertiary alicyclic amines) is 1. The van der Waals surface area contributed by atoms with E-state index in [2.05, 4.69) is 22.5 Å². The topological polar surface area (TPSA) is 44.4 Å². The van der Waals surface area contributed by atoms with Gasteiger partial charge in [-0.3, -0.25) is 9.69 Å². The first kappa shape index (κ1) is 16.4. The number of nitrogens with one attached hydrogen (secondary N) is 2.